The maximum Gasteiger partial charge on any atom is 0.313 e. The zero-order valence-electron chi connectivity index (χ0n) is 16.6. The Morgan fingerprint density at radius 1 is 1.32 bits per heavy atom. The number of fused-ring (bicyclic) bond motifs is 1. The predicted molar refractivity (Wildman–Crippen MR) is 106 cm³/mol. The topological polar surface area (TPSA) is 86.9 Å². The van der Waals surface area contributed by atoms with Crippen molar-refractivity contribution in [2.75, 3.05) is 20.2 Å². The molecule has 4 heterocycles. The van der Waals surface area contributed by atoms with Gasteiger partial charge in [-0.2, -0.15) is 5.10 Å². The van der Waals surface area contributed by atoms with Gasteiger partial charge in [-0.1, -0.05) is 0 Å². The first kappa shape index (κ1) is 18.6. The summed E-state index contributed by atoms with van der Waals surface area (Å²) in [4.78, 5) is 21.0. The Morgan fingerprint density at radius 3 is 2.86 bits per heavy atom. The number of aromatic nitrogens is 5. The van der Waals surface area contributed by atoms with Gasteiger partial charge in [0.15, 0.2) is 0 Å². The van der Waals surface area contributed by atoms with Gasteiger partial charge in [0.05, 0.1) is 30.5 Å². The molecule has 3 aromatic heterocycles. The molecule has 3 aromatic rings. The molecular weight excluding hydrogens is 356 g/mol. The molecule has 0 aromatic carbocycles. The van der Waals surface area contributed by atoms with Crippen LogP contribution in [-0.4, -0.2) is 50.5 Å². The summed E-state index contributed by atoms with van der Waals surface area (Å²) in [7, 11) is 1.41. The highest BCUT2D eigenvalue weighted by Crippen LogP contribution is 2.29. The van der Waals surface area contributed by atoms with Crippen LogP contribution in [0, 0.1) is 5.41 Å². The normalized spacial score (nSPS) is 15.8. The van der Waals surface area contributed by atoms with Crippen molar-refractivity contribution in [3.63, 3.8) is 0 Å². The van der Waals surface area contributed by atoms with Crippen LogP contribution in [-0.2, 0) is 16.1 Å². The molecule has 1 aliphatic rings. The molecular formula is C20H26N6O2. The summed E-state index contributed by atoms with van der Waals surface area (Å²) in [5.41, 5.74) is 2.00. The fourth-order valence-corrected chi connectivity index (χ4v) is 3.86. The minimum absolute atomic E-state index is 0.244. The van der Waals surface area contributed by atoms with Crippen molar-refractivity contribution in [2.45, 2.75) is 39.3 Å². The first-order valence-electron chi connectivity index (χ1n) is 9.63. The van der Waals surface area contributed by atoms with E-state index in [9.17, 15) is 4.79 Å². The van der Waals surface area contributed by atoms with E-state index in [0.717, 1.165) is 48.2 Å². The number of ether oxygens (including phenoxy) is 1. The Labute approximate surface area is 163 Å². The van der Waals surface area contributed by atoms with E-state index in [1.54, 1.807) is 6.33 Å². The Morgan fingerprint density at radius 2 is 2.11 bits per heavy atom. The minimum Gasteiger partial charge on any atom is -0.469 e. The second kappa shape index (κ2) is 7.35. The molecule has 8 nitrogen and oxygen atoms in total. The summed E-state index contributed by atoms with van der Waals surface area (Å²) >= 11 is 0. The first-order chi connectivity index (χ1) is 13.5. The quantitative estimate of drug-likeness (QED) is 0.682. The molecule has 148 valence electrons. The van der Waals surface area contributed by atoms with E-state index < -0.39 is 5.41 Å². The number of carbonyl (C=O) groups is 1. The lowest BCUT2D eigenvalue weighted by molar-refractivity contribution is -0.151. The number of nitrogens with zero attached hydrogens (tertiary/aromatic N) is 5. The number of piperidine rings is 1. The lowest BCUT2D eigenvalue weighted by Crippen LogP contribution is -2.30. The van der Waals surface area contributed by atoms with Crippen molar-refractivity contribution in [1.82, 2.24) is 29.6 Å². The lowest BCUT2D eigenvalue weighted by Gasteiger charge is -2.22. The van der Waals surface area contributed by atoms with Crippen LogP contribution in [0.5, 0.6) is 0 Å². The molecule has 1 fully saturated rings. The predicted octanol–water partition coefficient (Wildman–Crippen LogP) is 2.42. The molecule has 1 aliphatic heterocycles. The zero-order chi connectivity index (χ0) is 19.7. The van der Waals surface area contributed by atoms with Crippen LogP contribution < -0.4 is 5.32 Å². The van der Waals surface area contributed by atoms with E-state index in [1.807, 2.05) is 36.9 Å². The monoisotopic (exact) mass is 382 g/mol. The number of carbonyl (C=O) groups excluding carboxylic acids is 1. The van der Waals surface area contributed by atoms with Crippen molar-refractivity contribution in [3.05, 3.63) is 31.0 Å². The smallest absolute Gasteiger partial charge is 0.313 e. The number of nitrogens with one attached hydrogen (secondary N) is 1. The highest BCUT2D eigenvalue weighted by molar-refractivity contribution is 5.90. The van der Waals surface area contributed by atoms with Crippen molar-refractivity contribution < 1.29 is 9.53 Å². The van der Waals surface area contributed by atoms with Crippen LogP contribution >= 0.6 is 0 Å². The fourth-order valence-electron chi connectivity index (χ4n) is 3.86. The highest BCUT2D eigenvalue weighted by atomic mass is 16.5. The van der Waals surface area contributed by atoms with Gasteiger partial charge in [-0.05, 0) is 45.8 Å². The van der Waals surface area contributed by atoms with Crippen LogP contribution in [0.2, 0.25) is 0 Å². The summed E-state index contributed by atoms with van der Waals surface area (Å²) in [6.45, 7) is 6.27. The number of esters is 1. The molecule has 0 unspecified atom stereocenters. The Bertz CT molecular complexity index is 984. The van der Waals surface area contributed by atoms with E-state index in [4.69, 9.17) is 4.74 Å². The summed E-state index contributed by atoms with van der Waals surface area (Å²) in [6, 6.07) is 2.43. The van der Waals surface area contributed by atoms with Crippen LogP contribution in [0.1, 0.15) is 32.7 Å². The molecule has 1 saturated heterocycles. The van der Waals surface area contributed by atoms with Gasteiger partial charge in [0, 0.05) is 29.9 Å². The molecule has 0 radical (unpaired) electrons. The molecule has 0 aliphatic carbocycles. The molecule has 8 heteroatoms. The van der Waals surface area contributed by atoms with Gasteiger partial charge < -0.3 is 14.6 Å². The van der Waals surface area contributed by atoms with Gasteiger partial charge >= 0.3 is 5.97 Å². The molecule has 0 bridgehead atoms. The van der Waals surface area contributed by atoms with Crippen LogP contribution in [0.25, 0.3) is 22.3 Å². The van der Waals surface area contributed by atoms with E-state index in [-0.39, 0.29) is 5.97 Å². The largest absolute Gasteiger partial charge is 0.469 e. The van der Waals surface area contributed by atoms with Crippen molar-refractivity contribution >= 4 is 17.0 Å². The van der Waals surface area contributed by atoms with Crippen molar-refractivity contribution in [2.24, 2.45) is 5.41 Å². The van der Waals surface area contributed by atoms with Crippen molar-refractivity contribution in [3.8, 4) is 11.3 Å². The molecule has 0 atom stereocenters. The SMILES string of the molecule is COC(=O)C(C)(C)Cn1ccc2c(-c3cnn(C4CCNCC4)c3)ncnc21. The zero-order valence-corrected chi connectivity index (χ0v) is 16.6. The minimum atomic E-state index is -0.647. The van der Waals surface area contributed by atoms with E-state index in [2.05, 4.69) is 31.3 Å². The van der Waals surface area contributed by atoms with E-state index >= 15 is 0 Å². The Balaban J connectivity index is 1.65. The van der Waals surface area contributed by atoms with Gasteiger partial charge in [0.25, 0.3) is 0 Å². The highest BCUT2D eigenvalue weighted by Gasteiger charge is 2.30. The lowest BCUT2D eigenvalue weighted by atomic mass is 9.94. The first-order valence-corrected chi connectivity index (χ1v) is 9.63. The molecule has 4 rings (SSSR count). The average molecular weight is 382 g/mol. The van der Waals surface area contributed by atoms with Gasteiger partial charge in [-0.25, -0.2) is 9.97 Å². The van der Waals surface area contributed by atoms with Crippen molar-refractivity contribution in [1.29, 1.82) is 0 Å². The van der Waals surface area contributed by atoms with Crippen LogP contribution in [0.15, 0.2) is 31.0 Å². The summed E-state index contributed by atoms with van der Waals surface area (Å²) < 4.78 is 8.97. The standard InChI is InChI=1S/C20H26N6O2/c1-20(2,19(27)28-3)12-25-9-6-16-17(22-13-23-18(16)25)14-10-24-26(11-14)15-4-7-21-8-5-15/h6,9-11,13,15,21H,4-5,7-8,12H2,1-3H3. The maximum absolute atomic E-state index is 12.1. The van der Waals surface area contributed by atoms with E-state index in [0.29, 0.717) is 12.6 Å². The summed E-state index contributed by atoms with van der Waals surface area (Å²) in [5.74, 6) is -0.244. The second-order valence-electron chi connectivity index (χ2n) is 7.97. The molecule has 28 heavy (non-hydrogen) atoms. The van der Waals surface area contributed by atoms with Gasteiger partial charge in [-0.3, -0.25) is 9.48 Å². The number of hydrogen-bond acceptors (Lipinski definition) is 6. The van der Waals surface area contributed by atoms with Gasteiger partial charge in [0.2, 0.25) is 0 Å². The van der Waals surface area contributed by atoms with Gasteiger partial charge in [-0.15, -0.1) is 0 Å². The molecule has 0 saturated carbocycles. The average Bonchev–Trinajstić information content (AvgIpc) is 3.35. The summed E-state index contributed by atoms with van der Waals surface area (Å²) in [5, 5.41) is 8.92. The molecule has 1 N–H and O–H groups in total. The number of methoxy groups -OCH3 is 1. The third-order valence-electron chi connectivity index (χ3n) is 5.42. The number of hydrogen-bond donors (Lipinski definition) is 1. The molecule has 0 spiro atoms. The fraction of sp³-hybridized carbons (Fsp3) is 0.500. The van der Waals surface area contributed by atoms with Gasteiger partial charge in [0.1, 0.15) is 12.0 Å². The Hall–Kier alpha value is -2.74. The van der Waals surface area contributed by atoms with Crippen LogP contribution in [0.3, 0.4) is 0 Å². The Kier molecular flexibility index (Phi) is 4.89. The number of rotatable bonds is 5. The second-order valence-corrected chi connectivity index (χ2v) is 7.97. The molecule has 0 amide bonds. The van der Waals surface area contributed by atoms with E-state index in [1.165, 1.54) is 7.11 Å². The van der Waals surface area contributed by atoms with Crippen LogP contribution in [0.4, 0.5) is 0 Å². The summed E-state index contributed by atoms with van der Waals surface area (Å²) in [6.07, 6.45) is 9.64. The third kappa shape index (κ3) is 3.40. The maximum atomic E-state index is 12.1. The third-order valence-corrected chi connectivity index (χ3v) is 5.42.